The van der Waals surface area contributed by atoms with Crippen molar-refractivity contribution in [2.45, 2.75) is 6.92 Å². The van der Waals surface area contributed by atoms with Crippen LogP contribution in [0, 0.1) is 0 Å². The van der Waals surface area contributed by atoms with Gasteiger partial charge >= 0.3 is 5.97 Å². The van der Waals surface area contributed by atoms with E-state index in [2.05, 4.69) is 4.99 Å². The van der Waals surface area contributed by atoms with Crippen LogP contribution in [0.15, 0.2) is 70.1 Å². The van der Waals surface area contributed by atoms with Crippen LogP contribution in [-0.2, 0) is 0 Å². The first kappa shape index (κ1) is 16.4. The van der Waals surface area contributed by atoms with E-state index in [9.17, 15) is 9.59 Å². The third-order valence-electron chi connectivity index (χ3n) is 3.66. The molecule has 0 unspecified atom stereocenters. The highest BCUT2D eigenvalue weighted by Crippen LogP contribution is 2.22. The Labute approximate surface area is 144 Å². The maximum atomic E-state index is 11.3. The number of ketones is 1. The zero-order chi connectivity index (χ0) is 17.8. The van der Waals surface area contributed by atoms with Crippen LogP contribution in [-0.4, -0.2) is 23.1 Å². The summed E-state index contributed by atoms with van der Waals surface area (Å²) in [6.45, 7) is 1.53. The summed E-state index contributed by atoms with van der Waals surface area (Å²) in [5.74, 6) is 0.306. The highest BCUT2D eigenvalue weighted by molar-refractivity contribution is 5.94. The molecular formula is C20H15NO4. The number of aliphatic imine (C=N–C) groups is 1. The van der Waals surface area contributed by atoms with Gasteiger partial charge in [-0.05, 0) is 43.3 Å². The molecule has 1 heterocycles. The van der Waals surface area contributed by atoms with Gasteiger partial charge in [0.2, 0.25) is 0 Å². The van der Waals surface area contributed by atoms with Gasteiger partial charge in [0.1, 0.15) is 11.5 Å². The number of Topliss-reactive ketones (excluding diaryl/α,β-unsaturated/α-hetero) is 1. The second kappa shape index (κ2) is 6.97. The van der Waals surface area contributed by atoms with Crippen molar-refractivity contribution in [3.63, 3.8) is 0 Å². The van der Waals surface area contributed by atoms with Gasteiger partial charge in [-0.3, -0.25) is 9.79 Å². The van der Waals surface area contributed by atoms with Crippen LogP contribution in [0.3, 0.4) is 0 Å². The summed E-state index contributed by atoms with van der Waals surface area (Å²) in [4.78, 5) is 26.4. The van der Waals surface area contributed by atoms with E-state index >= 15 is 0 Å². The fourth-order valence-corrected chi connectivity index (χ4v) is 2.27. The molecule has 0 radical (unpaired) electrons. The van der Waals surface area contributed by atoms with Crippen LogP contribution >= 0.6 is 0 Å². The molecule has 3 aromatic rings. The lowest BCUT2D eigenvalue weighted by Gasteiger charge is -1.99. The first-order chi connectivity index (χ1) is 12.0. The summed E-state index contributed by atoms with van der Waals surface area (Å²) in [6.07, 6.45) is 1.57. The Morgan fingerprint density at radius 3 is 2.16 bits per heavy atom. The molecule has 0 saturated carbocycles. The van der Waals surface area contributed by atoms with Gasteiger partial charge < -0.3 is 9.52 Å². The number of hydrogen-bond donors (Lipinski definition) is 1. The average Bonchev–Trinajstić information content (AvgIpc) is 3.09. The van der Waals surface area contributed by atoms with E-state index in [1.165, 1.54) is 19.1 Å². The minimum atomic E-state index is -0.970. The second-order valence-electron chi connectivity index (χ2n) is 5.45. The number of nitrogens with zero attached hydrogens (tertiary/aromatic N) is 1. The van der Waals surface area contributed by atoms with E-state index in [4.69, 9.17) is 9.52 Å². The number of carbonyl (C=O) groups is 2. The first-order valence-corrected chi connectivity index (χ1v) is 7.61. The predicted octanol–water partition coefficient (Wildman–Crippen LogP) is 4.60. The molecule has 5 nitrogen and oxygen atoms in total. The number of hydrogen-bond acceptors (Lipinski definition) is 4. The smallest absolute Gasteiger partial charge is 0.335 e. The monoisotopic (exact) mass is 333 g/mol. The molecule has 124 valence electrons. The van der Waals surface area contributed by atoms with Crippen molar-refractivity contribution in [2.75, 3.05) is 0 Å². The quantitative estimate of drug-likeness (QED) is 0.546. The van der Waals surface area contributed by atoms with Crippen LogP contribution in [0.2, 0.25) is 0 Å². The summed E-state index contributed by atoms with van der Waals surface area (Å²) in [5, 5.41) is 8.87. The summed E-state index contributed by atoms with van der Waals surface area (Å²) < 4.78 is 5.73. The van der Waals surface area contributed by atoms with Crippen molar-refractivity contribution < 1.29 is 19.1 Å². The van der Waals surface area contributed by atoms with Gasteiger partial charge in [0, 0.05) is 11.1 Å². The molecule has 5 heteroatoms. The van der Waals surface area contributed by atoms with Crippen molar-refractivity contribution in [1.29, 1.82) is 0 Å². The maximum absolute atomic E-state index is 11.3. The molecule has 2 aromatic carbocycles. The number of carboxylic acid groups (broad SMARTS) is 1. The van der Waals surface area contributed by atoms with Crippen molar-refractivity contribution in [3.8, 4) is 11.3 Å². The lowest BCUT2D eigenvalue weighted by atomic mass is 10.1. The van der Waals surface area contributed by atoms with Gasteiger partial charge in [0.05, 0.1) is 17.5 Å². The molecule has 3 rings (SSSR count). The van der Waals surface area contributed by atoms with Gasteiger partial charge in [-0.2, -0.15) is 0 Å². The second-order valence-corrected chi connectivity index (χ2v) is 5.45. The topological polar surface area (TPSA) is 79.9 Å². The van der Waals surface area contributed by atoms with Gasteiger partial charge in [0.25, 0.3) is 0 Å². The van der Waals surface area contributed by atoms with Crippen LogP contribution in [0.1, 0.15) is 33.4 Å². The Balaban J connectivity index is 1.74. The van der Waals surface area contributed by atoms with Gasteiger partial charge in [-0.15, -0.1) is 0 Å². The van der Waals surface area contributed by atoms with Crippen molar-refractivity contribution in [1.82, 2.24) is 0 Å². The predicted molar refractivity (Wildman–Crippen MR) is 94.8 cm³/mol. The molecule has 0 aliphatic carbocycles. The molecule has 0 spiro atoms. The Morgan fingerprint density at radius 1 is 0.920 bits per heavy atom. The fourth-order valence-electron chi connectivity index (χ4n) is 2.27. The summed E-state index contributed by atoms with van der Waals surface area (Å²) >= 11 is 0. The Bertz CT molecular complexity index is 935. The van der Waals surface area contributed by atoms with E-state index in [-0.39, 0.29) is 11.3 Å². The Kier molecular flexibility index (Phi) is 4.57. The minimum Gasteiger partial charge on any atom is -0.478 e. The number of carbonyl (C=O) groups excluding carboxylic acids is 1. The fraction of sp³-hybridized carbons (Fsp3) is 0.0500. The first-order valence-electron chi connectivity index (χ1n) is 7.61. The third-order valence-corrected chi connectivity index (χ3v) is 3.66. The molecular weight excluding hydrogens is 318 g/mol. The van der Waals surface area contributed by atoms with Crippen LogP contribution < -0.4 is 0 Å². The van der Waals surface area contributed by atoms with E-state index in [1.807, 2.05) is 18.2 Å². The van der Waals surface area contributed by atoms with Crippen LogP contribution in [0.4, 0.5) is 5.69 Å². The normalized spacial score (nSPS) is 10.9. The van der Waals surface area contributed by atoms with Crippen LogP contribution in [0.5, 0.6) is 0 Å². The van der Waals surface area contributed by atoms with E-state index < -0.39 is 5.97 Å². The summed E-state index contributed by atoms with van der Waals surface area (Å²) in [7, 11) is 0. The van der Waals surface area contributed by atoms with Crippen LogP contribution in [0.25, 0.3) is 11.3 Å². The SMILES string of the molecule is CC(=O)c1ccc(-c2ccc(C=Nc3ccc(C(=O)O)cc3)o2)cc1. The molecule has 1 N–H and O–H groups in total. The molecule has 25 heavy (non-hydrogen) atoms. The zero-order valence-corrected chi connectivity index (χ0v) is 13.5. The van der Waals surface area contributed by atoms with Gasteiger partial charge in [-0.1, -0.05) is 24.3 Å². The molecule has 0 amide bonds. The Morgan fingerprint density at radius 2 is 1.56 bits per heavy atom. The van der Waals surface area contributed by atoms with Crippen molar-refractivity contribution in [2.24, 2.45) is 4.99 Å². The van der Waals surface area contributed by atoms with E-state index in [0.717, 1.165) is 5.56 Å². The number of rotatable bonds is 5. The van der Waals surface area contributed by atoms with Crippen molar-refractivity contribution in [3.05, 3.63) is 77.6 Å². The molecule has 0 bridgehead atoms. The standard InChI is InChI=1S/C20H15NO4/c1-13(22)14-2-4-15(5-3-14)19-11-10-18(25-19)12-21-17-8-6-16(7-9-17)20(23)24/h2-12H,1H3,(H,23,24). The molecule has 0 saturated heterocycles. The van der Waals surface area contributed by atoms with E-state index in [0.29, 0.717) is 22.8 Å². The molecule has 0 aliphatic rings. The molecule has 1 aromatic heterocycles. The largest absolute Gasteiger partial charge is 0.478 e. The number of carboxylic acids is 1. The average molecular weight is 333 g/mol. The Hall–Kier alpha value is -3.47. The van der Waals surface area contributed by atoms with Gasteiger partial charge in [-0.25, -0.2) is 4.79 Å². The number of aromatic carboxylic acids is 1. The third kappa shape index (κ3) is 3.90. The minimum absolute atomic E-state index is 0.0210. The molecule has 0 fully saturated rings. The zero-order valence-electron chi connectivity index (χ0n) is 13.5. The van der Waals surface area contributed by atoms with Gasteiger partial charge in [0.15, 0.2) is 5.78 Å². The van der Waals surface area contributed by atoms with E-state index in [1.54, 1.807) is 36.5 Å². The molecule has 0 atom stereocenters. The summed E-state index contributed by atoms with van der Waals surface area (Å²) in [6, 6.07) is 17.1. The lowest BCUT2D eigenvalue weighted by Crippen LogP contribution is -1.94. The molecule has 0 aliphatic heterocycles. The highest BCUT2D eigenvalue weighted by atomic mass is 16.4. The number of benzene rings is 2. The highest BCUT2D eigenvalue weighted by Gasteiger charge is 2.05. The summed E-state index contributed by atoms with van der Waals surface area (Å²) in [5.41, 5.74) is 2.37. The maximum Gasteiger partial charge on any atom is 0.335 e. The number of furan rings is 1. The van der Waals surface area contributed by atoms with Crippen molar-refractivity contribution >= 4 is 23.7 Å². The lowest BCUT2D eigenvalue weighted by molar-refractivity contribution is 0.0696.